The summed E-state index contributed by atoms with van der Waals surface area (Å²) in [7, 11) is 2.11. The second-order valence-corrected chi connectivity index (χ2v) is 11.6. The molecule has 39 heavy (non-hydrogen) atoms. The largest absolute Gasteiger partial charge is 0.448 e. The van der Waals surface area contributed by atoms with Gasteiger partial charge in [-0.05, 0) is 51.5 Å². The van der Waals surface area contributed by atoms with Gasteiger partial charge in [0.2, 0.25) is 11.9 Å². The molecule has 2 heterocycles. The van der Waals surface area contributed by atoms with Crippen LogP contribution in [0.1, 0.15) is 64.2 Å². The quantitative estimate of drug-likeness (QED) is 0.333. The van der Waals surface area contributed by atoms with E-state index in [0.29, 0.717) is 70.6 Å². The van der Waals surface area contributed by atoms with Crippen LogP contribution in [-0.2, 0) is 14.3 Å². The highest BCUT2D eigenvalue weighted by molar-refractivity contribution is 5.96. The monoisotopic (exact) mass is 545 g/mol. The molecule has 0 bridgehead atoms. The van der Waals surface area contributed by atoms with Crippen LogP contribution in [0.4, 0.5) is 4.79 Å². The number of nitrogens with zero attached hydrogens (tertiary/aromatic N) is 5. The minimum atomic E-state index is -0.813. The number of guanidine groups is 1. The SMILES string of the molecule is CN1CCN(CCOC(=O)NC(=NC(CCC2CCCC2)C(=O)NC2(C#N)CCCC2)N2CCOCC2)CC1. The summed E-state index contributed by atoms with van der Waals surface area (Å²) in [5.74, 6) is 0.727. The third-order valence-electron chi connectivity index (χ3n) is 8.70. The number of hydrogen-bond donors (Lipinski definition) is 2. The average Bonchev–Trinajstić information content (AvgIpc) is 3.65. The first-order valence-corrected chi connectivity index (χ1v) is 14.9. The van der Waals surface area contributed by atoms with E-state index in [4.69, 9.17) is 14.5 Å². The van der Waals surface area contributed by atoms with Gasteiger partial charge in [0, 0.05) is 45.8 Å². The van der Waals surface area contributed by atoms with Gasteiger partial charge in [0.1, 0.15) is 18.2 Å². The van der Waals surface area contributed by atoms with Crippen molar-refractivity contribution in [3.05, 3.63) is 0 Å². The first-order valence-electron chi connectivity index (χ1n) is 14.9. The van der Waals surface area contributed by atoms with Gasteiger partial charge in [-0.2, -0.15) is 5.26 Å². The van der Waals surface area contributed by atoms with Crippen LogP contribution in [0.2, 0.25) is 0 Å². The number of hydrogen-bond acceptors (Lipinski definition) is 8. The molecule has 0 aromatic carbocycles. The molecule has 4 rings (SSSR count). The zero-order valence-corrected chi connectivity index (χ0v) is 23.7. The number of likely N-dealkylation sites (N-methyl/N-ethyl adjacent to an activating group) is 1. The smallest absolute Gasteiger partial charge is 0.414 e. The summed E-state index contributed by atoms with van der Waals surface area (Å²) in [5, 5.41) is 15.7. The molecule has 0 radical (unpaired) electrons. The molecule has 4 aliphatic rings. The third-order valence-corrected chi connectivity index (χ3v) is 8.70. The van der Waals surface area contributed by atoms with Crippen LogP contribution in [0, 0.1) is 17.2 Å². The summed E-state index contributed by atoms with van der Waals surface area (Å²) in [5.41, 5.74) is -0.813. The van der Waals surface area contributed by atoms with Gasteiger partial charge in [-0.25, -0.2) is 9.79 Å². The molecular weight excluding hydrogens is 498 g/mol. The number of alkyl carbamates (subject to hydrolysis) is 1. The van der Waals surface area contributed by atoms with Crippen LogP contribution in [0.3, 0.4) is 0 Å². The van der Waals surface area contributed by atoms with Crippen LogP contribution in [-0.4, -0.2) is 117 Å². The topological polar surface area (TPSA) is 123 Å². The fourth-order valence-electron chi connectivity index (χ4n) is 6.09. The molecule has 4 fully saturated rings. The van der Waals surface area contributed by atoms with Crippen molar-refractivity contribution in [2.75, 3.05) is 72.7 Å². The van der Waals surface area contributed by atoms with E-state index in [9.17, 15) is 14.9 Å². The Hall–Kier alpha value is -2.42. The standard InChI is InChI=1S/C28H47N7O4/c1-33-12-14-34(15-13-33)16-21-39-27(37)31-26(35-17-19-38-20-18-35)30-24(9-8-23-6-2-3-7-23)25(36)32-28(22-29)10-4-5-11-28/h23-24H,2-21H2,1H3,(H,32,36)(H,30,31,37). The lowest BCUT2D eigenvalue weighted by Crippen LogP contribution is -2.52. The number of nitrogens with one attached hydrogen (secondary N) is 2. The first kappa shape index (κ1) is 29.6. The molecule has 1 unspecified atom stereocenters. The fraction of sp³-hybridized carbons (Fsp3) is 0.857. The molecule has 2 saturated heterocycles. The zero-order chi connectivity index (χ0) is 27.5. The van der Waals surface area contributed by atoms with E-state index in [0.717, 1.165) is 45.4 Å². The van der Waals surface area contributed by atoms with Crippen LogP contribution >= 0.6 is 0 Å². The van der Waals surface area contributed by atoms with Crippen molar-refractivity contribution in [2.45, 2.75) is 75.8 Å². The molecule has 2 N–H and O–H groups in total. The summed E-state index contributed by atoms with van der Waals surface area (Å²) < 4.78 is 11.0. The number of ether oxygens (including phenoxy) is 2. The number of aliphatic imine (C=N–C) groups is 1. The molecule has 11 heteroatoms. The summed E-state index contributed by atoms with van der Waals surface area (Å²) in [6, 6.07) is 1.68. The predicted octanol–water partition coefficient (Wildman–Crippen LogP) is 1.94. The Morgan fingerprint density at radius 3 is 2.44 bits per heavy atom. The molecule has 0 spiro atoms. The lowest BCUT2D eigenvalue weighted by molar-refractivity contribution is -0.123. The Balaban J connectivity index is 1.42. The lowest BCUT2D eigenvalue weighted by atomic mass is 9.96. The Kier molecular flexibility index (Phi) is 11.2. The van der Waals surface area contributed by atoms with E-state index >= 15 is 0 Å². The molecule has 2 amide bonds. The van der Waals surface area contributed by atoms with Crippen LogP contribution in [0.15, 0.2) is 4.99 Å². The minimum Gasteiger partial charge on any atom is -0.448 e. The van der Waals surface area contributed by atoms with Crippen LogP contribution in [0.5, 0.6) is 0 Å². The Bertz CT molecular complexity index is 866. The van der Waals surface area contributed by atoms with Gasteiger partial charge >= 0.3 is 6.09 Å². The number of amides is 2. The summed E-state index contributed by atoms with van der Waals surface area (Å²) in [6.07, 6.45) is 9.00. The maximum absolute atomic E-state index is 13.6. The Morgan fingerprint density at radius 1 is 1.08 bits per heavy atom. The number of carbonyl (C=O) groups is 2. The zero-order valence-electron chi connectivity index (χ0n) is 23.7. The summed E-state index contributed by atoms with van der Waals surface area (Å²) in [6.45, 7) is 7.11. The molecule has 0 aromatic heterocycles. The van der Waals surface area contributed by atoms with Crippen molar-refractivity contribution in [1.82, 2.24) is 25.3 Å². The number of carbonyl (C=O) groups excluding carboxylic acids is 2. The number of piperazine rings is 1. The molecule has 1 atom stereocenters. The highest BCUT2D eigenvalue weighted by Crippen LogP contribution is 2.31. The summed E-state index contributed by atoms with van der Waals surface area (Å²) in [4.78, 5) is 37.8. The van der Waals surface area contributed by atoms with Gasteiger partial charge in [-0.15, -0.1) is 0 Å². The van der Waals surface area contributed by atoms with Crippen molar-refractivity contribution in [1.29, 1.82) is 5.26 Å². The van der Waals surface area contributed by atoms with E-state index in [2.05, 4.69) is 33.6 Å². The van der Waals surface area contributed by atoms with E-state index in [-0.39, 0.29) is 5.91 Å². The lowest BCUT2D eigenvalue weighted by Gasteiger charge is -2.32. The molecule has 2 aliphatic carbocycles. The Morgan fingerprint density at radius 2 is 1.77 bits per heavy atom. The van der Waals surface area contributed by atoms with Crippen molar-refractivity contribution >= 4 is 18.0 Å². The van der Waals surface area contributed by atoms with E-state index in [1.165, 1.54) is 25.7 Å². The first-order chi connectivity index (χ1) is 19.0. The maximum atomic E-state index is 13.6. The minimum absolute atomic E-state index is 0.229. The molecule has 2 saturated carbocycles. The molecule has 218 valence electrons. The summed E-state index contributed by atoms with van der Waals surface area (Å²) >= 11 is 0. The van der Waals surface area contributed by atoms with Gasteiger partial charge < -0.3 is 24.6 Å². The van der Waals surface area contributed by atoms with Crippen molar-refractivity contribution < 1.29 is 19.1 Å². The Labute approximate surface area is 233 Å². The highest BCUT2D eigenvalue weighted by Gasteiger charge is 2.37. The highest BCUT2D eigenvalue weighted by atomic mass is 16.5. The second kappa shape index (κ2) is 14.8. The maximum Gasteiger partial charge on any atom is 0.414 e. The number of rotatable bonds is 9. The van der Waals surface area contributed by atoms with Crippen LogP contribution in [0.25, 0.3) is 0 Å². The van der Waals surface area contributed by atoms with E-state index in [1.54, 1.807) is 0 Å². The van der Waals surface area contributed by atoms with Gasteiger partial charge in [0.15, 0.2) is 0 Å². The third kappa shape index (κ3) is 9.05. The van der Waals surface area contributed by atoms with E-state index in [1.807, 2.05) is 4.90 Å². The second-order valence-electron chi connectivity index (χ2n) is 11.6. The molecule has 11 nitrogen and oxygen atoms in total. The number of nitriles is 1. The van der Waals surface area contributed by atoms with Crippen molar-refractivity contribution in [3.63, 3.8) is 0 Å². The molecule has 0 aromatic rings. The molecule has 2 aliphatic heterocycles. The predicted molar refractivity (Wildman–Crippen MR) is 148 cm³/mol. The van der Waals surface area contributed by atoms with Crippen molar-refractivity contribution in [3.8, 4) is 6.07 Å². The number of morpholine rings is 1. The van der Waals surface area contributed by atoms with Gasteiger partial charge in [0.05, 0.1) is 19.3 Å². The van der Waals surface area contributed by atoms with E-state index < -0.39 is 17.7 Å². The van der Waals surface area contributed by atoms with Gasteiger partial charge in [0.25, 0.3) is 0 Å². The fourth-order valence-corrected chi connectivity index (χ4v) is 6.09. The molecular formula is C28H47N7O4. The normalized spacial score (nSPS) is 23.8. The van der Waals surface area contributed by atoms with Gasteiger partial charge in [-0.3, -0.25) is 15.0 Å². The van der Waals surface area contributed by atoms with Gasteiger partial charge in [-0.1, -0.05) is 25.7 Å². The average molecular weight is 546 g/mol. The van der Waals surface area contributed by atoms with Crippen molar-refractivity contribution in [2.24, 2.45) is 10.9 Å². The van der Waals surface area contributed by atoms with Crippen LogP contribution < -0.4 is 10.6 Å².